The number of rotatable bonds is 8. The molecule has 0 saturated heterocycles. The van der Waals surface area contributed by atoms with E-state index in [9.17, 15) is 18.0 Å². The molecule has 0 saturated carbocycles. The number of ether oxygens (including phenoxy) is 1. The molecule has 0 fully saturated rings. The van der Waals surface area contributed by atoms with E-state index >= 15 is 0 Å². The van der Waals surface area contributed by atoms with E-state index in [0.717, 1.165) is 11.3 Å². The molecule has 0 radical (unpaired) electrons. The van der Waals surface area contributed by atoms with Crippen LogP contribution in [0.3, 0.4) is 0 Å². The van der Waals surface area contributed by atoms with Crippen LogP contribution in [0, 0.1) is 6.92 Å². The van der Waals surface area contributed by atoms with Crippen molar-refractivity contribution in [3.05, 3.63) is 50.7 Å². The second kappa shape index (κ2) is 8.97. The number of Topliss-reactive ketones (excluding diaryl/α,β-unsaturated/α-hetero) is 1. The van der Waals surface area contributed by atoms with Crippen LogP contribution in [0.5, 0.6) is 0 Å². The maximum Gasteiger partial charge on any atom is 0.338 e. The highest BCUT2D eigenvalue weighted by Gasteiger charge is 2.24. The fourth-order valence-corrected chi connectivity index (χ4v) is 4.89. The maximum atomic E-state index is 12.6. The van der Waals surface area contributed by atoms with Crippen molar-refractivity contribution in [3.63, 3.8) is 0 Å². The van der Waals surface area contributed by atoms with Crippen molar-refractivity contribution in [1.82, 2.24) is 4.31 Å². The lowest BCUT2D eigenvalue weighted by Crippen LogP contribution is -2.30. The summed E-state index contributed by atoms with van der Waals surface area (Å²) in [5.74, 6) is -1.12. The molecular weight excluding hydrogens is 410 g/mol. The average Bonchev–Trinajstić information content (AvgIpc) is 3.07. The lowest BCUT2D eigenvalue weighted by atomic mass is 10.1. The van der Waals surface area contributed by atoms with Crippen molar-refractivity contribution in [2.24, 2.45) is 0 Å². The zero-order valence-electron chi connectivity index (χ0n) is 15.2. The van der Waals surface area contributed by atoms with Crippen LogP contribution in [0.1, 0.15) is 39.4 Å². The van der Waals surface area contributed by atoms with Gasteiger partial charge in [-0.3, -0.25) is 4.79 Å². The van der Waals surface area contributed by atoms with Gasteiger partial charge in [0.2, 0.25) is 15.8 Å². The van der Waals surface area contributed by atoms with Crippen LogP contribution in [0.15, 0.2) is 35.2 Å². The number of halogens is 1. The lowest BCUT2D eigenvalue weighted by molar-refractivity contribution is 0.0475. The van der Waals surface area contributed by atoms with Gasteiger partial charge in [0.15, 0.2) is 6.61 Å². The average molecular weight is 430 g/mol. The van der Waals surface area contributed by atoms with Gasteiger partial charge in [0, 0.05) is 13.1 Å². The van der Waals surface area contributed by atoms with Gasteiger partial charge in [0.1, 0.15) is 0 Å². The van der Waals surface area contributed by atoms with E-state index in [4.69, 9.17) is 16.3 Å². The van der Waals surface area contributed by atoms with Crippen molar-refractivity contribution in [2.45, 2.75) is 25.7 Å². The highest BCUT2D eigenvalue weighted by atomic mass is 35.5. The topological polar surface area (TPSA) is 80.8 Å². The number of sulfonamides is 1. The molecule has 0 amide bonds. The van der Waals surface area contributed by atoms with E-state index in [0.29, 0.717) is 27.9 Å². The predicted octanol–water partition coefficient (Wildman–Crippen LogP) is 3.78. The number of carbonyl (C=O) groups is 2. The minimum Gasteiger partial charge on any atom is -0.454 e. The number of hydrogen-bond donors (Lipinski definition) is 0. The van der Waals surface area contributed by atoms with Crippen LogP contribution < -0.4 is 0 Å². The molecule has 1 aromatic heterocycles. The third kappa shape index (κ3) is 4.95. The summed E-state index contributed by atoms with van der Waals surface area (Å²) < 4.78 is 32.1. The summed E-state index contributed by atoms with van der Waals surface area (Å²) in [4.78, 5) is 24.8. The zero-order chi connectivity index (χ0) is 20.2. The number of esters is 1. The molecule has 2 rings (SSSR count). The van der Waals surface area contributed by atoms with E-state index < -0.39 is 22.6 Å². The molecule has 146 valence electrons. The minimum absolute atomic E-state index is 0.0140. The molecular formula is C18H20ClNO5S2. The molecule has 0 N–H and O–H groups in total. The third-order valence-corrected chi connectivity index (χ3v) is 7.27. The standard InChI is InChI=1S/C18H20ClNO5S2/c1-4-20(5-2)27(23,24)13-7-6-12(3)14(10-13)18(22)25-11-15(21)16-8-9-17(19)26-16/h6-10H,4-5,11H2,1-3H3. The molecule has 0 atom stereocenters. The first-order valence-electron chi connectivity index (χ1n) is 8.27. The van der Waals surface area contributed by atoms with Crippen molar-refractivity contribution in [1.29, 1.82) is 0 Å². The Balaban J connectivity index is 2.20. The number of aryl methyl sites for hydroxylation is 1. The fourth-order valence-electron chi connectivity index (χ4n) is 2.44. The quantitative estimate of drug-likeness (QED) is 0.471. The van der Waals surface area contributed by atoms with Gasteiger partial charge in [-0.05, 0) is 36.8 Å². The van der Waals surface area contributed by atoms with Gasteiger partial charge in [-0.15, -0.1) is 11.3 Å². The van der Waals surface area contributed by atoms with Crippen LogP contribution in [-0.2, 0) is 14.8 Å². The van der Waals surface area contributed by atoms with E-state index in [1.807, 2.05) is 0 Å². The van der Waals surface area contributed by atoms with Gasteiger partial charge in [-0.2, -0.15) is 4.31 Å². The number of hydrogen-bond acceptors (Lipinski definition) is 6. The fraction of sp³-hybridized carbons (Fsp3) is 0.333. The second-order valence-electron chi connectivity index (χ2n) is 5.67. The van der Waals surface area contributed by atoms with E-state index in [1.165, 1.54) is 16.4 Å². The highest BCUT2D eigenvalue weighted by Crippen LogP contribution is 2.23. The molecule has 0 spiro atoms. The number of nitrogens with zero attached hydrogens (tertiary/aromatic N) is 1. The normalized spacial score (nSPS) is 11.6. The maximum absolute atomic E-state index is 12.6. The van der Waals surface area contributed by atoms with Crippen LogP contribution in [-0.4, -0.2) is 44.2 Å². The molecule has 0 aliphatic heterocycles. The molecule has 2 aromatic rings. The Hall–Kier alpha value is -1.74. The molecule has 27 heavy (non-hydrogen) atoms. The molecule has 9 heteroatoms. The molecule has 6 nitrogen and oxygen atoms in total. The van der Waals surface area contributed by atoms with Gasteiger partial charge in [-0.1, -0.05) is 31.5 Å². The molecule has 0 bridgehead atoms. The first-order chi connectivity index (χ1) is 12.7. The summed E-state index contributed by atoms with van der Waals surface area (Å²) in [5, 5.41) is 0. The Kier molecular flexibility index (Phi) is 7.16. The summed E-state index contributed by atoms with van der Waals surface area (Å²) >= 11 is 6.89. The third-order valence-electron chi connectivity index (χ3n) is 3.95. The Bertz CT molecular complexity index is 948. The first kappa shape index (κ1) is 21.6. The second-order valence-corrected chi connectivity index (χ2v) is 9.32. The van der Waals surface area contributed by atoms with Crippen molar-refractivity contribution in [3.8, 4) is 0 Å². The zero-order valence-corrected chi connectivity index (χ0v) is 17.6. The summed E-state index contributed by atoms with van der Waals surface area (Å²) in [6, 6.07) is 7.45. The van der Waals surface area contributed by atoms with Crippen molar-refractivity contribution >= 4 is 44.7 Å². The lowest BCUT2D eigenvalue weighted by Gasteiger charge is -2.19. The van der Waals surface area contributed by atoms with Crippen molar-refractivity contribution in [2.75, 3.05) is 19.7 Å². The smallest absolute Gasteiger partial charge is 0.338 e. The SMILES string of the molecule is CCN(CC)S(=O)(=O)c1ccc(C)c(C(=O)OCC(=O)c2ccc(Cl)s2)c1. The van der Waals surface area contributed by atoms with E-state index in [2.05, 4.69) is 0 Å². The number of carbonyl (C=O) groups excluding carboxylic acids is 2. The molecule has 0 aliphatic rings. The van der Waals surface area contributed by atoms with Gasteiger partial charge in [0.25, 0.3) is 0 Å². The Morgan fingerprint density at radius 2 is 1.81 bits per heavy atom. The van der Waals surface area contributed by atoms with E-state index in [-0.39, 0.29) is 16.2 Å². The highest BCUT2D eigenvalue weighted by molar-refractivity contribution is 7.89. The number of thiophene rings is 1. The first-order valence-corrected chi connectivity index (χ1v) is 10.9. The molecule has 0 unspecified atom stereocenters. The Labute approximate surface area is 167 Å². The monoisotopic (exact) mass is 429 g/mol. The van der Waals surface area contributed by atoms with Crippen LogP contribution in [0.4, 0.5) is 0 Å². The molecule has 0 aliphatic carbocycles. The summed E-state index contributed by atoms with van der Waals surface area (Å²) in [7, 11) is -3.70. The molecule has 1 heterocycles. The van der Waals surface area contributed by atoms with Crippen LogP contribution in [0.2, 0.25) is 4.34 Å². The summed E-state index contributed by atoms with van der Waals surface area (Å²) in [6.07, 6.45) is 0. The molecule has 1 aromatic carbocycles. The summed E-state index contributed by atoms with van der Waals surface area (Å²) in [5.41, 5.74) is 0.672. The number of ketones is 1. The van der Waals surface area contributed by atoms with Gasteiger partial charge in [-0.25, -0.2) is 13.2 Å². The van der Waals surface area contributed by atoms with Gasteiger partial charge in [0.05, 0.1) is 19.7 Å². The number of benzene rings is 1. The van der Waals surface area contributed by atoms with Crippen LogP contribution in [0.25, 0.3) is 0 Å². The van der Waals surface area contributed by atoms with Crippen molar-refractivity contribution < 1.29 is 22.7 Å². The Morgan fingerprint density at radius 3 is 2.37 bits per heavy atom. The predicted molar refractivity (Wildman–Crippen MR) is 105 cm³/mol. The van der Waals surface area contributed by atoms with Gasteiger partial charge < -0.3 is 4.74 Å². The van der Waals surface area contributed by atoms with Crippen LogP contribution >= 0.6 is 22.9 Å². The summed E-state index contributed by atoms with van der Waals surface area (Å²) in [6.45, 7) is 5.36. The Morgan fingerprint density at radius 1 is 1.15 bits per heavy atom. The largest absolute Gasteiger partial charge is 0.454 e. The minimum atomic E-state index is -3.70. The van der Waals surface area contributed by atoms with E-state index in [1.54, 1.807) is 39.0 Å². The van der Waals surface area contributed by atoms with Gasteiger partial charge >= 0.3 is 5.97 Å².